The largest absolute Gasteiger partial charge is 0.371 e. The molecule has 1 unspecified atom stereocenters. The topological polar surface area (TPSA) is 18.5 Å². The standard InChI is InChI=1S/C16H25N3/c1-18-8-9-19(2)16-11-13(5-6-15(16)18)10-14-4-3-7-17-12-14/h5-6,11,14,17H,3-4,7-10,12H2,1-2H3. The summed E-state index contributed by atoms with van der Waals surface area (Å²) in [6.07, 6.45) is 3.93. The minimum absolute atomic E-state index is 0.818. The van der Waals surface area contributed by atoms with Crippen LogP contribution in [0.4, 0.5) is 11.4 Å². The number of hydrogen-bond acceptors (Lipinski definition) is 3. The highest BCUT2D eigenvalue weighted by Crippen LogP contribution is 2.33. The minimum atomic E-state index is 0.818. The van der Waals surface area contributed by atoms with Crippen molar-refractivity contribution >= 4 is 11.4 Å². The third kappa shape index (κ3) is 2.71. The maximum absolute atomic E-state index is 3.51. The molecule has 1 aromatic carbocycles. The van der Waals surface area contributed by atoms with E-state index in [0.29, 0.717) is 0 Å². The molecule has 3 rings (SSSR count). The van der Waals surface area contributed by atoms with E-state index in [0.717, 1.165) is 19.0 Å². The Bertz CT molecular complexity index is 438. The summed E-state index contributed by atoms with van der Waals surface area (Å²) in [5, 5.41) is 3.51. The van der Waals surface area contributed by atoms with Gasteiger partial charge in [0.05, 0.1) is 11.4 Å². The first-order valence-electron chi connectivity index (χ1n) is 7.50. The van der Waals surface area contributed by atoms with Crippen molar-refractivity contribution in [2.24, 2.45) is 5.92 Å². The Kier molecular flexibility index (Phi) is 3.65. The Morgan fingerprint density at radius 2 is 1.95 bits per heavy atom. The van der Waals surface area contributed by atoms with Crippen molar-refractivity contribution in [2.75, 3.05) is 50.1 Å². The number of hydrogen-bond donors (Lipinski definition) is 1. The summed E-state index contributed by atoms with van der Waals surface area (Å²) in [6, 6.07) is 7.03. The molecule has 1 atom stereocenters. The van der Waals surface area contributed by atoms with Crippen molar-refractivity contribution in [2.45, 2.75) is 19.3 Å². The second kappa shape index (κ2) is 5.41. The summed E-state index contributed by atoms with van der Waals surface area (Å²) in [6.45, 7) is 4.63. The lowest BCUT2D eigenvalue weighted by Gasteiger charge is -2.35. The monoisotopic (exact) mass is 259 g/mol. The van der Waals surface area contributed by atoms with Gasteiger partial charge in [-0.05, 0) is 56.0 Å². The fraction of sp³-hybridized carbons (Fsp3) is 0.625. The fourth-order valence-corrected chi connectivity index (χ4v) is 3.30. The molecule has 19 heavy (non-hydrogen) atoms. The number of nitrogens with one attached hydrogen (secondary N) is 1. The molecule has 0 aliphatic carbocycles. The van der Waals surface area contributed by atoms with Crippen molar-refractivity contribution in [3.63, 3.8) is 0 Å². The van der Waals surface area contributed by atoms with E-state index in [1.807, 2.05) is 0 Å². The zero-order chi connectivity index (χ0) is 13.2. The van der Waals surface area contributed by atoms with Crippen LogP contribution in [-0.4, -0.2) is 40.3 Å². The van der Waals surface area contributed by atoms with Gasteiger partial charge >= 0.3 is 0 Å². The summed E-state index contributed by atoms with van der Waals surface area (Å²) in [7, 11) is 4.40. The maximum Gasteiger partial charge on any atom is 0.0604 e. The molecule has 3 nitrogen and oxygen atoms in total. The number of nitrogens with zero attached hydrogens (tertiary/aromatic N) is 2. The van der Waals surface area contributed by atoms with Gasteiger partial charge < -0.3 is 15.1 Å². The number of anilines is 2. The first-order valence-corrected chi connectivity index (χ1v) is 7.50. The van der Waals surface area contributed by atoms with Crippen LogP contribution in [0.15, 0.2) is 18.2 Å². The molecule has 2 aliphatic rings. The molecule has 104 valence electrons. The van der Waals surface area contributed by atoms with Crippen LogP contribution >= 0.6 is 0 Å². The fourth-order valence-electron chi connectivity index (χ4n) is 3.30. The van der Waals surface area contributed by atoms with E-state index in [9.17, 15) is 0 Å². The zero-order valence-corrected chi connectivity index (χ0v) is 12.2. The number of benzene rings is 1. The van der Waals surface area contributed by atoms with Gasteiger partial charge in [0.2, 0.25) is 0 Å². The van der Waals surface area contributed by atoms with E-state index in [4.69, 9.17) is 0 Å². The average Bonchev–Trinajstić information content (AvgIpc) is 2.44. The molecule has 1 saturated heterocycles. The smallest absolute Gasteiger partial charge is 0.0604 e. The average molecular weight is 259 g/mol. The molecular formula is C16H25N3. The van der Waals surface area contributed by atoms with Crippen LogP contribution in [0, 0.1) is 5.92 Å². The highest BCUT2D eigenvalue weighted by atomic mass is 15.2. The lowest BCUT2D eigenvalue weighted by atomic mass is 9.92. The molecule has 1 fully saturated rings. The molecule has 1 aromatic rings. The van der Waals surface area contributed by atoms with Crippen LogP contribution in [0.2, 0.25) is 0 Å². The molecule has 2 heterocycles. The lowest BCUT2D eigenvalue weighted by molar-refractivity contribution is 0.376. The Balaban J connectivity index is 1.78. The van der Waals surface area contributed by atoms with Crippen LogP contribution in [0.3, 0.4) is 0 Å². The predicted molar refractivity (Wildman–Crippen MR) is 82.3 cm³/mol. The van der Waals surface area contributed by atoms with Gasteiger partial charge in [-0.15, -0.1) is 0 Å². The SMILES string of the molecule is CN1CCN(C)c2cc(CC3CCCNC3)ccc21. The first-order chi connectivity index (χ1) is 9.24. The molecule has 0 aromatic heterocycles. The third-order valence-electron chi connectivity index (χ3n) is 4.56. The quantitative estimate of drug-likeness (QED) is 0.877. The zero-order valence-electron chi connectivity index (χ0n) is 12.2. The summed E-state index contributed by atoms with van der Waals surface area (Å²) >= 11 is 0. The molecule has 0 spiro atoms. The molecule has 2 aliphatic heterocycles. The van der Waals surface area contributed by atoms with E-state index in [-0.39, 0.29) is 0 Å². The highest BCUT2D eigenvalue weighted by molar-refractivity contribution is 5.73. The number of rotatable bonds is 2. The minimum Gasteiger partial charge on any atom is -0.371 e. The van der Waals surface area contributed by atoms with Crippen LogP contribution in [-0.2, 0) is 6.42 Å². The van der Waals surface area contributed by atoms with E-state index in [1.54, 1.807) is 0 Å². The Hall–Kier alpha value is -1.22. The van der Waals surface area contributed by atoms with Gasteiger partial charge in [-0.1, -0.05) is 6.07 Å². The van der Waals surface area contributed by atoms with Gasteiger partial charge in [0.25, 0.3) is 0 Å². The molecule has 0 saturated carbocycles. The number of likely N-dealkylation sites (N-methyl/N-ethyl adjacent to an activating group) is 2. The molecule has 0 radical (unpaired) electrons. The van der Waals surface area contributed by atoms with Gasteiger partial charge in [-0.3, -0.25) is 0 Å². The van der Waals surface area contributed by atoms with Crippen molar-refractivity contribution < 1.29 is 0 Å². The van der Waals surface area contributed by atoms with Gasteiger partial charge in [-0.25, -0.2) is 0 Å². The number of fused-ring (bicyclic) bond motifs is 1. The van der Waals surface area contributed by atoms with E-state index in [1.165, 1.54) is 49.3 Å². The molecule has 3 heteroatoms. The second-order valence-corrected chi connectivity index (χ2v) is 6.08. The molecule has 1 N–H and O–H groups in total. The van der Waals surface area contributed by atoms with Gasteiger partial charge in [0.15, 0.2) is 0 Å². The van der Waals surface area contributed by atoms with E-state index in [2.05, 4.69) is 47.4 Å². The van der Waals surface area contributed by atoms with Crippen molar-refractivity contribution in [1.82, 2.24) is 5.32 Å². The van der Waals surface area contributed by atoms with E-state index >= 15 is 0 Å². The first kappa shape index (κ1) is 12.8. The summed E-state index contributed by atoms with van der Waals surface area (Å²) in [5.41, 5.74) is 4.27. The highest BCUT2D eigenvalue weighted by Gasteiger charge is 2.19. The Morgan fingerprint density at radius 3 is 2.68 bits per heavy atom. The van der Waals surface area contributed by atoms with Crippen molar-refractivity contribution in [1.29, 1.82) is 0 Å². The Morgan fingerprint density at radius 1 is 1.16 bits per heavy atom. The number of piperidine rings is 1. The van der Waals surface area contributed by atoms with Crippen LogP contribution < -0.4 is 15.1 Å². The van der Waals surface area contributed by atoms with E-state index < -0.39 is 0 Å². The summed E-state index contributed by atoms with van der Waals surface area (Å²) < 4.78 is 0. The molecular weight excluding hydrogens is 234 g/mol. The molecule has 0 bridgehead atoms. The second-order valence-electron chi connectivity index (χ2n) is 6.08. The molecule has 0 amide bonds. The maximum atomic E-state index is 3.51. The van der Waals surface area contributed by atoms with Crippen LogP contribution in [0.1, 0.15) is 18.4 Å². The van der Waals surface area contributed by atoms with Crippen molar-refractivity contribution in [3.8, 4) is 0 Å². The van der Waals surface area contributed by atoms with Gasteiger partial charge in [-0.2, -0.15) is 0 Å². The summed E-state index contributed by atoms with van der Waals surface area (Å²) in [4.78, 5) is 4.75. The van der Waals surface area contributed by atoms with Gasteiger partial charge in [0.1, 0.15) is 0 Å². The Labute approximate surface area is 116 Å². The van der Waals surface area contributed by atoms with Gasteiger partial charge in [0, 0.05) is 27.2 Å². The normalized spacial score (nSPS) is 23.4. The van der Waals surface area contributed by atoms with Crippen molar-refractivity contribution in [3.05, 3.63) is 23.8 Å². The van der Waals surface area contributed by atoms with Crippen LogP contribution in [0.5, 0.6) is 0 Å². The lowest BCUT2D eigenvalue weighted by Crippen LogP contribution is -2.37. The third-order valence-corrected chi connectivity index (χ3v) is 4.56. The summed E-state index contributed by atoms with van der Waals surface area (Å²) in [5.74, 6) is 0.818. The predicted octanol–water partition coefficient (Wildman–Crippen LogP) is 2.11. The van der Waals surface area contributed by atoms with Crippen LogP contribution in [0.25, 0.3) is 0 Å².